The van der Waals surface area contributed by atoms with Gasteiger partial charge in [0.15, 0.2) is 11.4 Å². The Labute approximate surface area is 120 Å². The molecular formula is C14H11Cl2NO2. The van der Waals surface area contributed by atoms with Gasteiger partial charge in [0, 0.05) is 18.4 Å². The van der Waals surface area contributed by atoms with Crippen molar-refractivity contribution in [3.63, 3.8) is 0 Å². The summed E-state index contributed by atoms with van der Waals surface area (Å²) in [5.74, 6) is 0.129. The van der Waals surface area contributed by atoms with Gasteiger partial charge in [0.05, 0.1) is 15.8 Å². The molecule has 19 heavy (non-hydrogen) atoms. The zero-order chi connectivity index (χ0) is 13.6. The van der Waals surface area contributed by atoms with Crippen LogP contribution in [0.25, 0.3) is 0 Å². The first-order valence-corrected chi connectivity index (χ1v) is 6.68. The van der Waals surface area contributed by atoms with Crippen molar-refractivity contribution in [3.05, 3.63) is 45.5 Å². The molecule has 0 N–H and O–H groups in total. The number of carbonyl (C=O) groups excluding carboxylic acids is 1. The third-order valence-electron chi connectivity index (χ3n) is 3.49. The first-order chi connectivity index (χ1) is 8.99. The lowest BCUT2D eigenvalue weighted by Crippen LogP contribution is -2.33. The minimum absolute atomic E-state index is 0.129. The van der Waals surface area contributed by atoms with Crippen molar-refractivity contribution >= 4 is 34.7 Å². The number of rotatable bonds is 2. The molecule has 0 bridgehead atoms. The average Bonchev–Trinajstić information content (AvgIpc) is 2.68. The molecule has 1 aromatic rings. The van der Waals surface area contributed by atoms with Crippen LogP contribution in [0, 0.1) is 0 Å². The van der Waals surface area contributed by atoms with Crippen LogP contribution in [-0.4, -0.2) is 17.1 Å². The molecule has 1 atom stereocenters. The van der Waals surface area contributed by atoms with Gasteiger partial charge in [0.2, 0.25) is 0 Å². The van der Waals surface area contributed by atoms with Gasteiger partial charge in [-0.3, -0.25) is 4.79 Å². The van der Waals surface area contributed by atoms with E-state index >= 15 is 0 Å². The van der Waals surface area contributed by atoms with Crippen LogP contribution in [0.2, 0.25) is 10.0 Å². The van der Waals surface area contributed by atoms with Gasteiger partial charge in [-0.1, -0.05) is 34.4 Å². The minimum atomic E-state index is -0.550. The van der Waals surface area contributed by atoms with Crippen molar-refractivity contribution in [3.8, 4) is 0 Å². The minimum Gasteiger partial charge on any atom is -0.384 e. The van der Waals surface area contributed by atoms with Crippen LogP contribution in [-0.2, 0) is 9.63 Å². The fraction of sp³-hybridized carbons (Fsp3) is 0.286. The van der Waals surface area contributed by atoms with Crippen LogP contribution in [0.4, 0.5) is 0 Å². The Bertz CT molecular complexity index is 616. The summed E-state index contributed by atoms with van der Waals surface area (Å²) in [6, 6.07) is 5.33. The highest BCUT2D eigenvalue weighted by atomic mass is 35.5. The summed E-state index contributed by atoms with van der Waals surface area (Å²) in [6.07, 6.45) is 2.62. The lowest BCUT2D eigenvalue weighted by Gasteiger charge is -2.28. The zero-order valence-corrected chi connectivity index (χ0v) is 11.8. The molecule has 1 aliphatic heterocycles. The molecule has 0 fully saturated rings. The highest BCUT2D eigenvalue weighted by Crippen LogP contribution is 2.40. The second-order valence-corrected chi connectivity index (χ2v) is 5.76. The number of carbonyl (C=O) groups is 1. The van der Waals surface area contributed by atoms with Gasteiger partial charge < -0.3 is 4.84 Å². The first-order valence-electron chi connectivity index (χ1n) is 5.93. The summed E-state index contributed by atoms with van der Waals surface area (Å²) in [6.45, 7) is 1.92. The van der Waals surface area contributed by atoms with Crippen LogP contribution in [0.5, 0.6) is 0 Å². The summed E-state index contributed by atoms with van der Waals surface area (Å²) < 4.78 is 0. The average molecular weight is 296 g/mol. The molecule has 1 heterocycles. The number of nitrogens with zero attached hydrogens (tertiary/aromatic N) is 1. The molecule has 0 radical (unpaired) electrons. The van der Waals surface area contributed by atoms with Crippen LogP contribution >= 0.6 is 23.2 Å². The van der Waals surface area contributed by atoms with Gasteiger partial charge in [-0.25, -0.2) is 0 Å². The molecule has 2 aliphatic rings. The fourth-order valence-corrected chi connectivity index (χ4v) is 2.93. The molecular weight excluding hydrogens is 285 g/mol. The number of halogens is 2. The Morgan fingerprint density at radius 2 is 1.95 bits per heavy atom. The molecule has 0 spiro atoms. The molecule has 0 saturated heterocycles. The second kappa shape index (κ2) is 4.36. The third kappa shape index (κ3) is 2.07. The van der Waals surface area contributed by atoms with E-state index < -0.39 is 5.60 Å². The topological polar surface area (TPSA) is 38.7 Å². The van der Waals surface area contributed by atoms with Crippen LogP contribution in [0.1, 0.15) is 25.3 Å². The molecule has 0 saturated carbocycles. The molecule has 1 aromatic carbocycles. The third-order valence-corrected chi connectivity index (χ3v) is 4.12. The van der Waals surface area contributed by atoms with E-state index in [1.807, 2.05) is 6.92 Å². The highest BCUT2D eigenvalue weighted by molar-refractivity contribution is 6.40. The number of hydrogen-bond acceptors (Lipinski definition) is 3. The van der Waals surface area contributed by atoms with E-state index in [1.54, 1.807) is 24.3 Å². The van der Waals surface area contributed by atoms with Crippen LogP contribution in [0.15, 0.2) is 35.0 Å². The Hall–Kier alpha value is -1.32. The van der Waals surface area contributed by atoms with Crippen molar-refractivity contribution in [2.24, 2.45) is 5.16 Å². The molecule has 0 unspecified atom stereocenters. The van der Waals surface area contributed by atoms with E-state index in [9.17, 15) is 4.79 Å². The lowest BCUT2D eigenvalue weighted by molar-refractivity contribution is -0.116. The number of hydrogen-bond donors (Lipinski definition) is 0. The Balaban J connectivity index is 1.90. The SMILES string of the molecule is C[C@]1(C2=CC(=O)C2)CC(c2c(Cl)cccc2Cl)=NO1. The number of allylic oxidation sites excluding steroid dienone is 1. The molecule has 0 amide bonds. The predicted octanol–water partition coefficient (Wildman–Crippen LogP) is 3.78. The molecule has 5 heteroatoms. The van der Waals surface area contributed by atoms with E-state index in [0.717, 1.165) is 11.3 Å². The Morgan fingerprint density at radius 3 is 2.53 bits per heavy atom. The van der Waals surface area contributed by atoms with Gasteiger partial charge in [-0.2, -0.15) is 0 Å². The molecule has 3 rings (SSSR count). The Morgan fingerprint density at radius 1 is 1.32 bits per heavy atom. The zero-order valence-electron chi connectivity index (χ0n) is 10.2. The maximum atomic E-state index is 11.1. The smallest absolute Gasteiger partial charge is 0.162 e. The van der Waals surface area contributed by atoms with E-state index in [0.29, 0.717) is 28.5 Å². The fourth-order valence-electron chi connectivity index (χ4n) is 2.31. The van der Waals surface area contributed by atoms with Gasteiger partial charge in [-0.05, 0) is 30.7 Å². The van der Waals surface area contributed by atoms with E-state index in [4.69, 9.17) is 28.0 Å². The van der Waals surface area contributed by atoms with Crippen molar-refractivity contribution in [1.82, 2.24) is 0 Å². The largest absolute Gasteiger partial charge is 0.384 e. The van der Waals surface area contributed by atoms with E-state index in [2.05, 4.69) is 5.16 Å². The van der Waals surface area contributed by atoms with Crippen molar-refractivity contribution in [2.75, 3.05) is 0 Å². The summed E-state index contributed by atoms with van der Waals surface area (Å²) in [5, 5.41) is 5.21. The Kier molecular flexibility index (Phi) is 2.91. The standard InChI is InChI=1S/C14H11Cl2NO2/c1-14(8-5-9(18)6-8)7-12(17-19-14)13-10(15)3-2-4-11(13)16/h2-5H,6-7H2,1H3/t14-/m1/s1. The number of benzene rings is 1. The predicted molar refractivity (Wildman–Crippen MR) is 74.8 cm³/mol. The van der Waals surface area contributed by atoms with Crippen molar-refractivity contribution < 1.29 is 9.63 Å². The molecule has 1 aliphatic carbocycles. The number of ketones is 1. The first kappa shape index (κ1) is 12.7. The van der Waals surface area contributed by atoms with Gasteiger partial charge in [0.25, 0.3) is 0 Å². The van der Waals surface area contributed by atoms with E-state index in [-0.39, 0.29) is 5.78 Å². The summed E-state index contributed by atoms with van der Waals surface area (Å²) >= 11 is 12.3. The summed E-state index contributed by atoms with van der Waals surface area (Å²) in [7, 11) is 0. The van der Waals surface area contributed by atoms with Gasteiger partial charge in [-0.15, -0.1) is 0 Å². The summed E-state index contributed by atoms with van der Waals surface area (Å²) in [4.78, 5) is 16.6. The van der Waals surface area contributed by atoms with Crippen molar-refractivity contribution in [1.29, 1.82) is 0 Å². The quantitative estimate of drug-likeness (QED) is 0.833. The number of oxime groups is 1. The molecule has 98 valence electrons. The van der Waals surface area contributed by atoms with Gasteiger partial charge >= 0.3 is 0 Å². The highest BCUT2D eigenvalue weighted by Gasteiger charge is 2.42. The van der Waals surface area contributed by atoms with Crippen LogP contribution < -0.4 is 0 Å². The second-order valence-electron chi connectivity index (χ2n) is 4.95. The monoisotopic (exact) mass is 295 g/mol. The van der Waals surface area contributed by atoms with Crippen molar-refractivity contribution in [2.45, 2.75) is 25.4 Å². The maximum Gasteiger partial charge on any atom is 0.162 e. The van der Waals surface area contributed by atoms with Gasteiger partial charge in [0.1, 0.15) is 0 Å². The normalized spacial score (nSPS) is 25.5. The maximum absolute atomic E-state index is 11.1. The molecule has 3 nitrogen and oxygen atoms in total. The van der Waals surface area contributed by atoms with Crippen LogP contribution in [0.3, 0.4) is 0 Å². The summed E-state index contributed by atoms with van der Waals surface area (Å²) in [5.41, 5.74) is 1.85. The van der Waals surface area contributed by atoms with E-state index in [1.165, 1.54) is 0 Å². The molecule has 0 aromatic heterocycles. The lowest BCUT2D eigenvalue weighted by atomic mass is 9.80.